The zero-order valence-electron chi connectivity index (χ0n) is 21.7. The summed E-state index contributed by atoms with van der Waals surface area (Å²) >= 11 is 6.00. The number of nitrogens with zero attached hydrogens (tertiary/aromatic N) is 3. The van der Waals surface area contributed by atoms with Gasteiger partial charge in [0.05, 0.1) is 17.8 Å². The summed E-state index contributed by atoms with van der Waals surface area (Å²) in [6, 6.07) is 13.4. The SMILES string of the molecule is CCCS(=N)(=O)c1nc(CC(C)CCNC(=O)c2ccccc2O)c2[nH]c(=O)n(Cc3ccc(Cl)cc3)c2n1. The lowest BCUT2D eigenvalue weighted by Crippen LogP contribution is -2.26. The van der Waals surface area contributed by atoms with Gasteiger partial charge in [-0.25, -0.2) is 18.8 Å². The molecule has 2 atom stereocenters. The Morgan fingerprint density at radius 1 is 1.21 bits per heavy atom. The number of phenolic OH excluding ortho intramolecular Hbond substituents is 1. The third-order valence-corrected chi connectivity index (χ3v) is 8.34. The Morgan fingerprint density at radius 2 is 1.92 bits per heavy atom. The molecular formula is C27H31ClN6O4S. The summed E-state index contributed by atoms with van der Waals surface area (Å²) in [5.74, 6) is -0.338. The maximum Gasteiger partial charge on any atom is 0.328 e. The number of halogens is 1. The lowest BCUT2D eigenvalue weighted by Gasteiger charge is -2.14. The molecule has 10 nitrogen and oxygen atoms in total. The van der Waals surface area contributed by atoms with Crippen molar-refractivity contribution < 1.29 is 14.1 Å². The monoisotopic (exact) mass is 570 g/mol. The molecule has 4 N–H and O–H groups in total. The number of H-pyrrole nitrogens is 1. The highest BCUT2D eigenvalue weighted by Gasteiger charge is 2.22. The molecule has 0 saturated heterocycles. The molecule has 0 saturated carbocycles. The summed E-state index contributed by atoms with van der Waals surface area (Å²) in [6.45, 7) is 4.39. The van der Waals surface area contributed by atoms with Gasteiger partial charge in [0.15, 0.2) is 5.65 Å². The highest BCUT2D eigenvalue weighted by atomic mass is 35.5. The Labute approximate surface area is 231 Å². The van der Waals surface area contributed by atoms with Crippen molar-refractivity contribution in [3.63, 3.8) is 0 Å². The summed E-state index contributed by atoms with van der Waals surface area (Å²) in [4.78, 5) is 37.2. The number of nitrogens with one attached hydrogen (secondary N) is 3. The van der Waals surface area contributed by atoms with Crippen molar-refractivity contribution in [2.75, 3.05) is 12.3 Å². The third kappa shape index (κ3) is 6.66. The summed E-state index contributed by atoms with van der Waals surface area (Å²) < 4.78 is 23.0. The third-order valence-electron chi connectivity index (χ3n) is 6.33. The minimum Gasteiger partial charge on any atom is -0.507 e. The van der Waals surface area contributed by atoms with Gasteiger partial charge in [0.25, 0.3) is 5.91 Å². The predicted molar refractivity (Wildman–Crippen MR) is 151 cm³/mol. The van der Waals surface area contributed by atoms with Crippen LogP contribution in [0.4, 0.5) is 0 Å². The second-order valence-corrected chi connectivity index (χ2v) is 12.1. The number of rotatable bonds is 11. The van der Waals surface area contributed by atoms with Gasteiger partial charge in [-0.3, -0.25) is 9.36 Å². The van der Waals surface area contributed by atoms with Crippen molar-refractivity contribution in [3.8, 4) is 5.75 Å². The molecule has 2 aromatic carbocycles. The molecule has 0 spiro atoms. The van der Waals surface area contributed by atoms with Crippen LogP contribution < -0.4 is 11.0 Å². The van der Waals surface area contributed by atoms with Crippen molar-refractivity contribution in [2.45, 2.75) is 44.8 Å². The number of hydrogen-bond donors (Lipinski definition) is 4. The van der Waals surface area contributed by atoms with Crippen molar-refractivity contribution in [3.05, 3.63) is 80.9 Å². The van der Waals surface area contributed by atoms with E-state index in [9.17, 15) is 18.9 Å². The van der Waals surface area contributed by atoms with Crippen molar-refractivity contribution in [1.82, 2.24) is 24.8 Å². The number of fused-ring (bicyclic) bond motifs is 1. The summed E-state index contributed by atoms with van der Waals surface area (Å²) in [6.07, 6.45) is 1.51. The number of carbonyl (C=O) groups is 1. The first-order valence-electron chi connectivity index (χ1n) is 12.7. The van der Waals surface area contributed by atoms with Crippen LogP contribution in [-0.2, 0) is 22.7 Å². The summed E-state index contributed by atoms with van der Waals surface area (Å²) in [5, 5.41) is 13.2. The molecule has 206 valence electrons. The predicted octanol–water partition coefficient (Wildman–Crippen LogP) is 4.34. The zero-order chi connectivity index (χ0) is 28.2. The van der Waals surface area contributed by atoms with E-state index in [1.807, 2.05) is 26.0 Å². The number of carbonyl (C=O) groups excluding carboxylic acids is 1. The molecule has 39 heavy (non-hydrogen) atoms. The maximum absolute atomic E-state index is 13.2. The minimum atomic E-state index is -3.26. The quantitative estimate of drug-likeness (QED) is 0.197. The van der Waals surface area contributed by atoms with E-state index in [2.05, 4.69) is 20.3 Å². The van der Waals surface area contributed by atoms with Gasteiger partial charge >= 0.3 is 5.69 Å². The van der Waals surface area contributed by atoms with Crippen LogP contribution in [0.2, 0.25) is 5.02 Å². The fraction of sp³-hybridized carbons (Fsp3) is 0.333. The Bertz CT molecular complexity index is 1650. The molecule has 4 rings (SSSR count). The van der Waals surface area contributed by atoms with Crippen LogP contribution in [-0.4, -0.2) is 47.0 Å². The molecule has 2 aromatic heterocycles. The largest absolute Gasteiger partial charge is 0.507 e. The molecule has 1 amide bonds. The van der Waals surface area contributed by atoms with Crippen molar-refractivity contribution in [2.24, 2.45) is 5.92 Å². The number of phenols is 1. The highest BCUT2D eigenvalue weighted by Crippen LogP contribution is 2.22. The fourth-order valence-corrected chi connectivity index (χ4v) is 5.66. The molecule has 0 radical (unpaired) electrons. The number of hydrogen-bond acceptors (Lipinski definition) is 7. The van der Waals surface area contributed by atoms with E-state index in [1.54, 1.807) is 30.3 Å². The highest BCUT2D eigenvalue weighted by molar-refractivity contribution is 7.92. The Balaban J connectivity index is 1.60. The van der Waals surface area contributed by atoms with Crippen molar-refractivity contribution >= 4 is 38.4 Å². The van der Waals surface area contributed by atoms with Gasteiger partial charge in [0, 0.05) is 17.3 Å². The molecule has 0 aliphatic carbocycles. The second kappa shape index (κ2) is 12.0. The normalized spacial score (nSPS) is 13.7. The molecule has 2 heterocycles. The average Bonchev–Trinajstić information content (AvgIpc) is 3.20. The number of aromatic nitrogens is 4. The zero-order valence-corrected chi connectivity index (χ0v) is 23.3. The number of benzene rings is 2. The topological polar surface area (TPSA) is 154 Å². The van der Waals surface area contributed by atoms with E-state index >= 15 is 0 Å². The first-order chi connectivity index (χ1) is 18.6. The Hall–Kier alpha value is -3.70. The van der Waals surface area contributed by atoms with Crippen LogP contribution in [0.1, 0.15) is 48.3 Å². The number of para-hydroxylation sites is 1. The fourth-order valence-electron chi connectivity index (χ4n) is 4.28. The molecule has 0 aliphatic rings. The van der Waals surface area contributed by atoms with E-state index in [1.165, 1.54) is 10.6 Å². The van der Waals surface area contributed by atoms with Crippen LogP contribution in [0.15, 0.2) is 58.5 Å². The lowest BCUT2D eigenvalue weighted by atomic mass is 10.0. The van der Waals surface area contributed by atoms with Crippen LogP contribution >= 0.6 is 11.6 Å². The second-order valence-electron chi connectivity index (χ2n) is 9.54. The molecule has 0 fully saturated rings. The first-order valence-corrected chi connectivity index (χ1v) is 14.8. The lowest BCUT2D eigenvalue weighted by molar-refractivity contribution is 0.0949. The van der Waals surface area contributed by atoms with E-state index in [0.29, 0.717) is 47.7 Å². The molecule has 0 aliphatic heterocycles. The van der Waals surface area contributed by atoms with Gasteiger partial charge in [0.2, 0.25) is 5.16 Å². The van der Waals surface area contributed by atoms with E-state index < -0.39 is 9.73 Å². The minimum absolute atomic E-state index is 0.0108. The maximum atomic E-state index is 13.2. The van der Waals surface area contributed by atoms with Crippen LogP contribution in [0.3, 0.4) is 0 Å². The van der Waals surface area contributed by atoms with Gasteiger partial charge in [-0.1, -0.05) is 49.7 Å². The van der Waals surface area contributed by atoms with Crippen LogP contribution in [0, 0.1) is 10.7 Å². The Morgan fingerprint density at radius 3 is 2.62 bits per heavy atom. The van der Waals surface area contributed by atoms with Gasteiger partial charge in [-0.2, -0.15) is 4.98 Å². The van der Waals surface area contributed by atoms with Gasteiger partial charge < -0.3 is 15.4 Å². The van der Waals surface area contributed by atoms with Crippen LogP contribution in [0.25, 0.3) is 11.2 Å². The Kier molecular flexibility index (Phi) is 8.71. The standard InChI is InChI=1S/C27H31ClN6O4S/c1-3-14-39(29,38)26-31-21(15-17(2)12-13-30-25(36)20-6-4-5-7-22(20)35)23-24(33-26)34(27(37)32-23)16-18-8-10-19(28)11-9-18/h4-11,17,29,35H,3,12-16H2,1-2H3,(H,30,36)(H,32,37). The number of aromatic hydroxyl groups is 1. The average molecular weight is 571 g/mol. The number of aromatic amines is 1. The molecular weight excluding hydrogens is 540 g/mol. The summed E-state index contributed by atoms with van der Waals surface area (Å²) in [7, 11) is -3.26. The molecule has 0 bridgehead atoms. The smallest absolute Gasteiger partial charge is 0.328 e. The van der Waals surface area contributed by atoms with Crippen LogP contribution in [0.5, 0.6) is 5.75 Å². The van der Waals surface area contributed by atoms with Crippen molar-refractivity contribution in [1.29, 1.82) is 4.78 Å². The van der Waals surface area contributed by atoms with Gasteiger partial charge in [0.1, 0.15) is 21.0 Å². The first kappa shape index (κ1) is 28.3. The van der Waals surface area contributed by atoms with E-state index in [0.717, 1.165) is 5.56 Å². The number of amides is 1. The summed E-state index contributed by atoms with van der Waals surface area (Å²) in [5.41, 5.74) is 1.88. The van der Waals surface area contributed by atoms with E-state index in [-0.39, 0.29) is 46.3 Å². The molecule has 4 aromatic rings. The number of imidazole rings is 1. The van der Waals surface area contributed by atoms with Gasteiger partial charge in [-0.05, 0) is 55.0 Å². The van der Waals surface area contributed by atoms with Gasteiger partial charge in [-0.15, -0.1) is 0 Å². The molecule has 12 heteroatoms. The van der Waals surface area contributed by atoms with E-state index in [4.69, 9.17) is 16.4 Å². The molecule has 2 unspecified atom stereocenters.